The molecule has 0 aliphatic carbocycles. The Morgan fingerprint density at radius 3 is 2.41 bits per heavy atom. The van der Waals surface area contributed by atoms with Crippen molar-refractivity contribution >= 4 is 17.6 Å². The largest absolute Gasteiger partial charge is 0.489 e. The molecule has 0 saturated carbocycles. The zero-order valence-electron chi connectivity index (χ0n) is 21.3. The number of imidazole rings is 1. The molecule has 1 fully saturated rings. The van der Waals surface area contributed by atoms with Crippen LogP contribution in [0, 0.1) is 10.1 Å². The molecule has 2 aromatic carbocycles. The van der Waals surface area contributed by atoms with Crippen molar-refractivity contribution in [2.24, 2.45) is 0 Å². The van der Waals surface area contributed by atoms with Crippen molar-refractivity contribution in [2.45, 2.75) is 25.2 Å². The van der Waals surface area contributed by atoms with Crippen LogP contribution in [0.5, 0.6) is 11.8 Å². The van der Waals surface area contributed by atoms with Gasteiger partial charge in [0.05, 0.1) is 12.1 Å². The van der Waals surface area contributed by atoms with E-state index in [-0.39, 0.29) is 18.4 Å². The van der Waals surface area contributed by atoms with Gasteiger partial charge in [-0.2, -0.15) is 13.2 Å². The fourth-order valence-corrected chi connectivity index (χ4v) is 4.66. The number of nitrogens with zero attached hydrogens (tertiary/aromatic N) is 5. The average molecular weight is 544 g/mol. The Kier molecular flexibility index (Phi) is 7.21. The van der Waals surface area contributed by atoms with Crippen molar-refractivity contribution in [3.05, 3.63) is 82.0 Å². The minimum atomic E-state index is -4.32. The molecule has 0 bridgehead atoms. The van der Waals surface area contributed by atoms with E-state index in [0.717, 1.165) is 56.1 Å². The lowest BCUT2D eigenvalue weighted by Crippen LogP contribution is -2.46. The second-order valence-corrected chi connectivity index (χ2v) is 9.91. The van der Waals surface area contributed by atoms with Crippen LogP contribution in [0.2, 0.25) is 0 Å². The summed E-state index contributed by atoms with van der Waals surface area (Å²) in [7, 11) is 0. The fraction of sp³-hybridized carbons (Fsp3) is 0.370. The Labute approximate surface area is 223 Å². The maximum absolute atomic E-state index is 12.7. The van der Waals surface area contributed by atoms with Gasteiger partial charge >= 0.3 is 18.0 Å². The van der Waals surface area contributed by atoms with E-state index in [2.05, 4.69) is 14.8 Å². The lowest BCUT2D eigenvalue weighted by Gasteiger charge is -2.35. The van der Waals surface area contributed by atoms with Crippen LogP contribution in [-0.4, -0.2) is 64.3 Å². The maximum atomic E-state index is 12.7. The molecule has 3 heterocycles. The van der Waals surface area contributed by atoms with Crippen molar-refractivity contribution in [3.63, 3.8) is 0 Å². The van der Waals surface area contributed by atoms with Crippen LogP contribution < -0.4 is 14.4 Å². The van der Waals surface area contributed by atoms with E-state index in [1.807, 2.05) is 43.3 Å². The predicted octanol–water partition coefficient (Wildman–Crippen LogP) is 4.88. The minimum Gasteiger partial charge on any atom is -0.489 e. The highest BCUT2D eigenvalue weighted by Crippen LogP contribution is 2.32. The molecular formula is C27H28F3N5O4. The second-order valence-electron chi connectivity index (χ2n) is 9.91. The van der Waals surface area contributed by atoms with E-state index in [4.69, 9.17) is 9.47 Å². The van der Waals surface area contributed by atoms with Crippen LogP contribution in [-0.2, 0) is 12.7 Å². The first kappa shape index (κ1) is 26.5. The molecule has 2 aliphatic heterocycles. The minimum absolute atomic E-state index is 0.220. The number of ether oxygens (including phenoxy) is 2. The summed E-state index contributed by atoms with van der Waals surface area (Å²) < 4.78 is 51.5. The van der Waals surface area contributed by atoms with Crippen LogP contribution in [0.3, 0.4) is 0 Å². The fourth-order valence-electron chi connectivity index (χ4n) is 4.66. The monoisotopic (exact) mass is 543 g/mol. The van der Waals surface area contributed by atoms with Gasteiger partial charge in [-0.05, 0) is 53.8 Å². The first-order valence-electron chi connectivity index (χ1n) is 12.5. The smallest absolute Gasteiger partial charge is 0.416 e. The Morgan fingerprint density at radius 2 is 1.79 bits per heavy atom. The van der Waals surface area contributed by atoms with E-state index in [0.29, 0.717) is 12.3 Å². The number of nitro groups is 1. The zero-order valence-corrected chi connectivity index (χ0v) is 21.3. The maximum Gasteiger partial charge on any atom is 0.416 e. The van der Waals surface area contributed by atoms with Gasteiger partial charge in [0.25, 0.3) is 0 Å². The number of rotatable bonds is 8. The molecule has 206 valence electrons. The van der Waals surface area contributed by atoms with Gasteiger partial charge in [0.1, 0.15) is 18.6 Å². The lowest BCUT2D eigenvalue weighted by atomic mass is 10.1. The number of alkyl halides is 3. The molecule has 1 atom stereocenters. The zero-order chi connectivity index (χ0) is 27.6. The quantitative estimate of drug-likeness (QED) is 0.296. The number of piperazine rings is 1. The highest BCUT2D eigenvalue weighted by Gasteiger charge is 2.41. The van der Waals surface area contributed by atoms with Crippen molar-refractivity contribution in [1.82, 2.24) is 14.5 Å². The van der Waals surface area contributed by atoms with Crippen molar-refractivity contribution in [1.29, 1.82) is 0 Å². The normalized spacial score (nSPS) is 19.7. The summed E-state index contributed by atoms with van der Waals surface area (Å²) in [4.78, 5) is 18.8. The van der Waals surface area contributed by atoms with E-state index in [1.54, 1.807) is 4.57 Å². The molecule has 2 aliphatic rings. The van der Waals surface area contributed by atoms with E-state index in [9.17, 15) is 23.3 Å². The second kappa shape index (κ2) is 10.6. The lowest BCUT2D eigenvalue weighted by molar-refractivity contribution is -0.389. The Bertz CT molecular complexity index is 1310. The van der Waals surface area contributed by atoms with Crippen molar-refractivity contribution in [2.75, 3.05) is 44.2 Å². The van der Waals surface area contributed by atoms with E-state index in [1.165, 1.54) is 18.3 Å². The van der Waals surface area contributed by atoms with Gasteiger partial charge < -0.3 is 24.5 Å². The van der Waals surface area contributed by atoms with Gasteiger partial charge in [-0.1, -0.05) is 24.3 Å². The molecule has 1 saturated heterocycles. The Morgan fingerprint density at radius 1 is 1.10 bits per heavy atom. The average Bonchev–Trinajstić information content (AvgIpc) is 3.44. The molecule has 0 spiro atoms. The Balaban J connectivity index is 1.05. The molecule has 3 aromatic rings. The van der Waals surface area contributed by atoms with Crippen molar-refractivity contribution in [3.8, 4) is 11.8 Å². The molecular weight excluding hydrogens is 515 g/mol. The first-order chi connectivity index (χ1) is 18.6. The molecule has 5 rings (SSSR count). The summed E-state index contributed by atoms with van der Waals surface area (Å²) in [6.07, 6.45) is 0.872. The highest BCUT2D eigenvalue weighted by molar-refractivity contribution is 5.51. The summed E-state index contributed by atoms with van der Waals surface area (Å²) in [5.74, 6) is 0.463. The third-order valence-corrected chi connectivity index (χ3v) is 6.79. The SMILES string of the molecule is C[C@@]1(COc2ccc(N3CCN(C/C=C/c4ccc(C(F)(F)F)cc4)CC3)cc2)Cn2cc([N+](=O)[O-])nc2O1. The number of aromatic nitrogens is 2. The number of fused-ring (bicyclic) bond motifs is 1. The van der Waals surface area contributed by atoms with Gasteiger partial charge in [-0.3, -0.25) is 9.47 Å². The molecule has 39 heavy (non-hydrogen) atoms. The van der Waals surface area contributed by atoms with Crippen LogP contribution in [0.15, 0.2) is 60.8 Å². The molecule has 0 N–H and O–H groups in total. The molecule has 0 unspecified atom stereocenters. The topological polar surface area (TPSA) is 85.9 Å². The molecule has 12 heteroatoms. The third-order valence-electron chi connectivity index (χ3n) is 6.79. The number of hydrogen-bond acceptors (Lipinski definition) is 7. The summed E-state index contributed by atoms with van der Waals surface area (Å²) in [5.41, 5.74) is 0.523. The Hall–Kier alpha value is -4.06. The molecule has 0 radical (unpaired) electrons. The van der Waals surface area contributed by atoms with Gasteiger partial charge in [0.2, 0.25) is 0 Å². The first-order valence-corrected chi connectivity index (χ1v) is 12.5. The number of hydrogen-bond donors (Lipinski definition) is 0. The van der Waals surface area contributed by atoms with Gasteiger partial charge in [-0.15, -0.1) is 0 Å². The van der Waals surface area contributed by atoms with Crippen LogP contribution in [0.25, 0.3) is 6.08 Å². The summed E-state index contributed by atoms with van der Waals surface area (Å²) >= 11 is 0. The van der Waals surface area contributed by atoms with Crippen LogP contribution >= 0.6 is 0 Å². The summed E-state index contributed by atoms with van der Waals surface area (Å²) in [6, 6.07) is 13.2. The highest BCUT2D eigenvalue weighted by atomic mass is 19.4. The standard InChI is InChI=1S/C27H28F3N5O4/c1-26(18-34-17-24(35(36)37)31-25(34)39-26)19-38-23-10-8-22(9-11-23)33-15-13-32(14-16-33)12-2-3-20-4-6-21(7-5-20)27(28,29)30/h2-11,17H,12-16,18-19H2,1H3/b3-2+/t26-/m0/s1. The van der Waals surface area contributed by atoms with E-state index >= 15 is 0 Å². The van der Waals surface area contributed by atoms with Crippen molar-refractivity contribution < 1.29 is 27.6 Å². The van der Waals surface area contributed by atoms with Gasteiger partial charge in [0, 0.05) is 43.4 Å². The summed E-state index contributed by atoms with van der Waals surface area (Å²) in [6.45, 7) is 6.75. The molecule has 9 nitrogen and oxygen atoms in total. The van der Waals surface area contributed by atoms with Gasteiger partial charge in [-0.25, -0.2) is 0 Å². The predicted molar refractivity (Wildman–Crippen MR) is 139 cm³/mol. The number of anilines is 1. The third kappa shape index (κ3) is 6.33. The van der Waals surface area contributed by atoms with Crippen LogP contribution in [0.1, 0.15) is 18.1 Å². The van der Waals surface area contributed by atoms with E-state index < -0.39 is 22.3 Å². The number of halogens is 3. The molecule has 1 aromatic heterocycles. The molecule has 0 amide bonds. The summed E-state index contributed by atoms with van der Waals surface area (Å²) in [5, 5.41) is 10.9. The van der Waals surface area contributed by atoms with Gasteiger partial charge in [0.15, 0.2) is 5.60 Å². The number of benzene rings is 2. The van der Waals surface area contributed by atoms with Crippen LogP contribution in [0.4, 0.5) is 24.7 Å².